The Labute approximate surface area is 327 Å². The van der Waals surface area contributed by atoms with Gasteiger partial charge in [-0.15, -0.1) is 0 Å². The Balaban J connectivity index is 1.17. The number of allylic oxidation sites excluding steroid dienone is 5. The van der Waals surface area contributed by atoms with Gasteiger partial charge >= 0.3 is 12.1 Å². The number of alkyl halides is 4. The van der Waals surface area contributed by atoms with Crippen LogP contribution in [-0.4, -0.2) is 80.0 Å². The predicted molar refractivity (Wildman–Crippen MR) is 209 cm³/mol. The lowest BCUT2D eigenvalue weighted by atomic mass is 9.33. The van der Waals surface area contributed by atoms with Crippen LogP contribution in [-0.2, 0) is 14.6 Å². The molecule has 55 heavy (non-hydrogen) atoms. The largest absolute Gasteiger partial charge is 0.481 e. The maximum absolute atomic E-state index is 15.0. The average molecular weight is 795 g/mol. The van der Waals surface area contributed by atoms with Crippen molar-refractivity contribution >= 4 is 15.8 Å². The monoisotopic (exact) mass is 794 g/mol. The van der Waals surface area contributed by atoms with Gasteiger partial charge in [-0.2, -0.15) is 13.2 Å². The van der Waals surface area contributed by atoms with E-state index in [9.17, 15) is 22.7 Å². The molecular formula is C44H66F4N2O4S. The first-order valence-corrected chi connectivity index (χ1v) is 22.9. The van der Waals surface area contributed by atoms with Crippen LogP contribution in [0.2, 0.25) is 0 Å². The molecule has 0 amide bonds. The smallest absolute Gasteiger partial charge is 0.405 e. The van der Waals surface area contributed by atoms with Gasteiger partial charge in [-0.05, 0) is 146 Å². The summed E-state index contributed by atoms with van der Waals surface area (Å²) >= 11 is 0. The number of aliphatic carboxylic acids is 1. The predicted octanol–water partition coefficient (Wildman–Crippen LogP) is 9.33. The number of nitrogens with zero attached hydrogens (tertiary/aromatic N) is 1. The summed E-state index contributed by atoms with van der Waals surface area (Å²) in [5.41, 5.74) is 1.44. The van der Waals surface area contributed by atoms with Gasteiger partial charge in [0.15, 0.2) is 9.84 Å². The van der Waals surface area contributed by atoms with E-state index < -0.39 is 45.7 Å². The Morgan fingerprint density at radius 1 is 0.945 bits per heavy atom. The molecule has 5 fully saturated rings. The number of halogens is 4. The van der Waals surface area contributed by atoms with Crippen LogP contribution in [0.4, 0.5) is 17.6 Å². The van der Waals surface area contributed by atoms with Gasteiger partial charge in [0.25, 0.3) is 0 Å². The van der Waals surface area contributed by atoms with Crippen LogP contribution in [0.3, 0.4) is 0 Å². The highest BCUT2D eigenvalue weighted by molar-refractivity contribution is 7.91. The highest BCUT2D eigenvalue weighted by Gasteiger charge is 2.71. The molecule has 6 aliphatic carbocycles. The third-order valence-corrected chi connectivity index (χ3v) is 19.7. The summed E-state index contributed by atoms with van der Waals surface area (Å²) in [6.07, 6.45) is 9.29. The molecule has 0 spiro atoms. The maximum Gasteiger partial charge on any atom is 0.405 e. The molecule has 0 bridgehead atoms. The number of carboxylic acid groups (broad SMARTS) is 1. The molecule has 2 unspecified atom stereocenters. The van der Waals surface area contributed by atoms with Gasteiger partial charge in [0.1, 0.15) is 12.7 Å². The first-order valence-electron chi connectivity index (χ1n) is 21.1. The summed E-state index contributed by atoms with van der Waals surface area (Å²) in [5.74, 6) is 0.0899. The van der Waals surface area contributed by atoms with Gasteiger partial charge in [-0.25, -0.2) is 12.8 Å². The van der Waals surface area contributed by atoms with E-state index in [1.165, 1.54) is 11.1 Å². The number of hydrogen-bond acceptors (Lipinski definition) is 5. The highest BCUT2D eigenvalue weighted by Crippen LogP contribution is 2.76. The lowest BCUT2D eigenvalue weighted by Crippen LogP contribution is -2.70. The van der Waals surface area contributed by atoms with Gasteiger partial charge < -0.3 is 5.11 Å². The van der Waals surface area contributed by atoms with Crippen LogP contribution in [0.25, 0.3) is 0 Å². The molecule has 7 aliphatic rings. The number of hydrogen-bond donors (Lipinski definition) is 2. The van der Waals surface area contributed by atoms with Crippen molar-refractivity contribution in [3.63, 3.8) is 0 Å². The number of sulfone groups is 1. The van der Waals surface area contributed by atoms with Gasteiger partial charge in [0, 0.05) is 25.2 Å². The Hall–Kier alpha value is -1.72. The molecule has 11 heteroatoms. The van der Waals surface area contributed by atoms with Crippen molar-refractivity contribution in [2.45, 2.75) is 136 Å². The van der Waals surface area contributed by atoms with Gasteiger partial charge in [-0.1, -0.05) is 58.9 Å². The van der Waals surface area contributed by atoms with Crippen LogP contribution in [0.1, 0.15) is 119 Å². The Bertz CT molecular complexity index is 1730. The minimum atomic E-state index is -4.46. The highest BCUT2D eigenvalue weighted by atomic mass is 32.2. The van der Waals surface area contributed by atoms with Crippen molar-refractivity contribution in [3.05, 3.63) is 35.5 Å². The molecule has 0 aromatic heterocycles. The molecule has 310 valence electrons. The van der Waals surface area contributed by atoms with Crippen molar-refractivity contribution < 1.29 is 35.9 Å². The molecule has 0 radical (unpaired) electrons. The molecule has 2 N–H and O–H groups in total. The number of rotatable bonds is 8. The fourth-order valence-electron chi connectivity index (χ4n) is 14.8. The van der Waals surface area contributed by atoms with Crippen LogP contribution >= 0.6 is 0 Å². The minimum Gasteiger partial charge on any atom is -0.481 e. The van der Waals surface area contributed by atoms with E-state index in [4.69, 9.17) is 0 Å². The van der Waals surface area contributed by atoms with E-state index in [0.29, 0.717) is 37.5 Å². The first kappa shape index (κ1) is 41.4. The molecule has 7 rings (SSSR count). The van der Waals surface area contributed by atoms with E-state index in [1.54, 1.807) is 4.90 Å². The lowest BCUT2D eigenvalue weighted by Gasteiger charge is -2.72. The van der Waals surface area contributed by atoms with E-state index in [0.717, 1.165) is 50.5 Å². The standard InChI is InChI=1S/C44H66F4N2O4S/c1-28(2)30-12-19-43(49-35(44(46,47)48)26-50-22-24-55(53,54)25-23-50)21-20-40(6)32(36(30)43)8-9-34-39(5)15-13-31(38(3,4)33(39)14-16-41(34,40)7)29-10-17-42(27-45,18-11-29)37(51)52/h10,13,30,32-36,49H,1,8-9,11-12,14-27H2,2-7H3,(H,51,52)/t30?,32-,33+,34-,35?,36-,39+,40-,41-,42+,43+/m1/s1. The summed E-state index contributed by atoms with van der Waals surface area (Å²) < 4.78 is 83.2. The fraction of sp³-hybridized carbons (Fsp3) is 0.841. The van der Waals surface area contributed by atoms with E-state index >= 15 is 13.2 Å². The fourth-order valence-corrected chi connectivity index (χ4v) is 16.1. The first-order chi connectivity index (χ1) is 25.5. The molecule has 0 aromatic rings. The quantitative estimate of drug-likeness (QED) is 0.188. The topological polar surface area (TPSA) is 86.7 Å². The number of carboxylic acids is 1. The van der Waals surface area contributed by atoms with Crippen molar-refractivity contribution in [1.29, 1.82) is 0 Å². The van der Waals surface area contributed by atoms with Crippen LogP contribution < -0.4 is 5.32 Å². The zero-order chi connectivity index (χ0) is 40.2. The molecule has 4 saturated carbocycles. The van der Waals surface area contributed by atoms with E-state index in [2.05, 4.69) is 59.5 Å². The average Bonchev–Trinajstić information content (AvgIpc) is 3.48. The SMILES string of the molecule is C=C(C)C1CC[C@]2(NC(CN3CCS(=O)(=O)CC3)C(F)(F)F)CC[C@]3(C)[C@H](CC[C@@H]4[C@@]5(C)CC=C(C6=CC[C@](CF)(C(=O)O)CC6)C(C)(C)[C@@H]5CC[C@]43C)[C@@H]12. The molecule has 11 atom stereocenters. The molecule has 6 nitrogen and oxygen atoms in total. The van der Waals surface area contributed by atoms with E-state index in [1.807, 2.05) is 6.08 Å². The van der Waals surface area contributed by atoms with Crippen molar-refractivity contribution in [3.8, 4) is 0 Å². The van der Waals surface area contributed by atoms with Crippen molar-refractivity contribution in [2.75, 3.05) is 37.8 Å². The summed E-state index contributed by atoms with van der Waals surface area (Å²) in [5, 5.41) is 13.2. The van der Waals surface area contributed by atoms with Crippen molar-refractivity contribution in [1.82, 2.24) is 10.2 Å². The second kappa shape index (κ2) is 13.7. The molecule has 0 aromatic carbocycles. The summed E-state index contributed by atoms with van der Waals surface area (Å²) in [6, 6.07) is -1.73. The summed E-state index contributed by atoms with van der Waals surface area (Å²) in [7, 11) is -3.20. The normalized spacial score (nSPS) is 44.5. The Kier molecular flexibility index (Phi) is 10.3. The minimum absolute atomic E-state index is 0.00596. The zero-order valence-electron chi connectivity index (χ0n) is 34.1. The second-order valence-corrected chi connectivity index (χ2v) is 23.0. The molecule has 1 aliphatic heterocycles. The van der Waals surface area contributed by atoms with Gasteiger partial charge in [0.05, 0.1) is 16.9 Å². The maximum atomic E-state index is 15.0. The summed E-state index contributed by atoms with van der Waals surface area (Å²) in [6.45, 7) is 17.9. The van der Waals surface area contributed by atoms with Gasteiger partial charge in [-0.3, -0.25) is 15.0 Å². The van der Waals surface area contributed by atoms with Crippen LogP contribution in [0.5, 0.6) is 0 Å². The third kappa shape index (κ3) is 6.44. The second-order valence-electron chi connectivity index (χ2n) is 20.7. The van der Waals surface area contributed by atoms with Crippen LogP contribution in [0, 0.1) is 56.7 Å². The molecule has 1 saturated heterocycles. The Morgan fingerprint density at radius 2 is 1.64 bits per heavy atom. The van der Waals surface area contributed by atoms with Crippen LogP contribution in [0.15, 0.2) is 35.5 Å². The van der Waals surface area contributed by atoms with Crippen molar-refractivity contribution in [2.24, 2.45) is 56.7 Å². The number of fused-ring (bicyclic) bond motifs is 7. The number of carbonyl (C=O) groups is 1. The lowest BCUT2D eigenvalue weighted by molar-refractivity contribution is -0.225. The van der Waals surface area contributed by atoms with E-state index in [-0.39, 0.29) is 77.0 Å². The Morgan fingerprint density at radius 3 is 2.22 bits per heavy atom. The third-order valence-electron chi connectivity index (χ3n) is 18.0. The van der Waals surface area contributed by atoms with Gasteiger partial charge in [0.2, 0.25) is 0 Å². The zero-order valence-corrected chi connectivity index (χ0v) is 34.9. The summed E-state index contributed by atoms with van der Waals surface area (Å²) in [4.78, 5) is 13.7. The number of nitrogens with one attached hydrogen (secondary N) is 1. The molecule has 1 heterocycles. The molecular weight excluding hydrogens is 729 g/mol.